The third kappa shape index (κ3) is 1.25. The maximum Gasteiger partial charge on any atom is 0.335 e. The highest BCUT2D eigenvalue weighted by Crippen LogP contribution is 2.27. The fourth-order valence-corrected chi connectivity index (χ4v) is 1.65. The van der Waals surface area contributed by atoms with Crippen molar-refractivity contribution >= 4 is 18.1 Å². The molecule has 0 spiro atoms. The van der Waals surface area contributed by atoms with E-state index in [1.54, 1.807) is 18.2 Å². The van der Waals surface area contributed by atoms with Gasteiger partial charge in [-0.3, -0.25) is 4.79 Å². The topological polar surface area (TPSA) is 57.6 Å². The highest BCUT2D eigenvalue weighted by Gasteiger charge is 2.19. The number of carbonyl (C=O) groups is 2. The molecule has 1 heterocycles. The molecule has 0 radical (unpaired) electrons. The molecule has 2 rings (SSSR count). The highest BCUT2D eigenvalue weighted by molar-refractivity contribution is 5.91. The van der Waals surface area contributed by atoms with Crippen molar-refractivity contribution in [3.05, 3.63) is 29.3 Å². The minimum atomic E-state index is -0.967. The molecule has 1 amide bonds. The third-order valence-corrected chi connectivity index (χ3v) is 2.39. The lowest BCUT2D eigenvalue weighted by Gasteiger charge is -2.09. The number of anilines is 1. The van der Waals surface area contributed by atoms with Gasteiger partial charge in [0.1, 0.15) is 0 Å². The molecule has 1 N–H and O–H groups in total. The lowest BCUT2D eigenvalue weighted by atomic mass is 10.1. The van der Waals surface area contributed by atoms with Crippen LogP contribution < -0.4 is 4.90 Å². The third-order valence-electron chi connectivity index (χ3n) is 2.39. The Hall–Kier alpha value is -1.84. The fourth-order valence-electron chi connectivity index (χ4n) is 1.65. The molecule has 4 nitrogen and oxygen atoms in total. The van der Waals surface area contributed by atoms with E-state index in [0.717, 1.165) is 24.1 Å². The predicted molar refractivity (Wildman–Crippen MR) is 50.5 cm³/mol. The van der Waals surface area contributed by atoms with Gasteiger partial charge in [0.2, 0.25) is 6.41 Å². The van der Waals surface area contributed by atoms with Crippen molar-refractivity contribution in [2.24, 2.45) is 0 Å². The lowest BCUT2D eigenvalue weighted by Crippen LogP contribution is -2.17. The molecule has 1 aromatic rings. The zero-order valence-electron chi connectivity index (χ0n) is 7.43. The zero-order valence-corrected chi connectivity index (χ0v) is 7.43. The van der Waals surface area contributed by atoms with Gasteiger partial charge < -0.3 is 10.0 Å². The molecule has 0 aromatic heterocycles. The SMILES string of the molecule is O=CN1CCc2ccc(C(=O)O)cc21. The van der Waals surface area contributed by atoms with E-state index >= 15 is 0 Å². The van der Waals surface area contributed by atoms with Crippen LogP contribution in [-0.4, -0.2) is 24.0 Å². The number of hydrogen-bond acceptors (Lipinski definition) is 2. The predicted octanol–water partition coefficient (Wildman–Crippen LogP) is 0.904. The quantitative estimate of drug-likeness (QED) is 0.706. The molecular formula is C10H9NO3. The Kier molecular flexibility index (Phi) is 1.96. The van der Waals surface area contributed by atoms with Crippen LogP contribution in [0.2, 0.25) is 0 Å². The van der Waals surface area contributed by atoms with Crippen LogP contribution in [0.25, 0.3) is 0 Å². The van der Waals surface area contributed by atoms with Crippen LogP contribution in [0, 0.1) is 0 Å². The van der Waals surface area contributed by atoms with E-state index in [1.807, 2.05) is 0 Å². The van der Waals surface area contributed by atoms with Gasteiger partial charge in [-0.2, -0.15) is 0 Å². The van der Waals surface area contributed by atoms with Crippen LogP contribution in [0.1, 0.15) is 15.9 Å². The average molecular weight is 191 g/mol. The van der Waals surface area contributed by atoms with E-state index in [4.69, 9.17) is 5.11 Å². The molecule has 0 bridgehead atoms. The van der Waals surface area contributed by atoms with Crippen LogP contribution >= 0.6 is 0 Å². The van der Waals surface area contributed by atoms with Crippen LogP contribution in [0.3, 0.4) is 0 Å². The molecule has 1 aliphatic heterocycles. The minimum Gasteiger partial charge on any atom is -0.478 e. The Labute approximate surface area is 80.8 Å². The van der Waals surface area contributed by atoms with Gasteiger partial charge in [0.05, 0.1) is 5.56 Å². The van der Waals surface area contributed by atoms with Crippen LogP contribution in [0.5, 0.6) is 0 Å². The second-order valence-electron chi connectivity index (χ2n) is 3.20. The van der Waals surface area contributed by atoms with Gasteiger partial charge in [-0.05, 0) is 24.1 Å². The maximum absolute atomic E-state index is 10.7. The number of carboxylic acids is 1. The van der Waals surface area contributed by atoms with E-state index in [9.17, 15) is 9.59 Å². The Bertz CT molecular complexity index is 400. The number of nitrogens with zero attached hydrogens (tertiary/aromatic N) is 1. The summed E-state index contributed by atoms with van der Waals surface area (Å²) in [5, 5.41) is 8.77. The van der Waals surface area contributed by atoms with Crippen molar-refractivity contribution in [3.63, 3.8) is 0 Å². The number of rotatable bonds is 2. The number of benzene rings is 1. The van der Waals surface area contributed by atoms with Crippen LogP contribution in [-0.2, 0) is 11.2 Å². The smallest absolute Gasteiger partial charge is 0.335 e. The number of amides is 1. The van der Waals surface area contributed by atoms with Crippen molar-refractivity contribution in [1.29, 1.82) is 0 Å². The Morgan fingerprint density at radius 3 is 2.93 bits per heavy atom. The molecular weight excluding hydrogens is 182 g/mol. The second-order valence-corrected chi connectivity index (χ2v) is 3.20. The minimum absolute atomic E-state index is 0.220. The Morgan fingerprint density at radius 1 is 1.50 bits per heavy atom. The van der Waals surface area contributed by atoms with Gasteiger partial charge in [-0.1, -0.05) is 6.07 Å². The van der Waals surface area contributed by atoms with Gasteiger partial charge in [-0.15, -0.1) is 0 Å². The highest BCUT2D eigenvalue weighted by atomic mass is 16.4. The molecule has 72 valence electrons. The van der Waals surface area contributed by atoms with Crippen molar-refractivity contribution in [2.75, 3.05) is 11.4 Å². The summed E-state index contributed by atoms with van der Waals surface area (Å²) in [6.45, 7) is 0.641. The molecule has 1 aliphatic rings. The summed E-state index contributed by atoms with van der Waals surface area (Å²) in [6.07, 6.45) is 1.53. The standard InChI is InChI=1S/C10H9NO3/c12-6-11-4-3-7-1-2-8(10(13)14)5-9(7)11/h1-2,5-6H,3-4H2,(H,13,14). The summed E-state index contributed by atoms with van der Waals surface area (Å²) in [7, 11) is 0. The molecule has 0 atom stereocenters. The van der Waals surface area contributed by atoms with Gasteiger partial charge in [0.15, 0.2) is 0 Å². The summed E-state index contributed by atoms with van der Waals surface area (Å²) in [5.41, 5.74) is 1.97. The van der Waals surface area contributed by atoms with Crippen molar-refractivity contribution < 1.29 is 14.7 Å². The van der Waals surface area contributed by atoms with Gasteiger partial charge in [-0.25, -0.2) is 4.79 Å². The summed E-state index contributed by atoms with van der Waals surface area (Å²) in [6, 6.07) is 4.87. The number of carboxylic acid groups (broad SMARTS) is 1. The van der Waals surface area contributed by atoms with E-state index in [-0.39, 0.29) is 5.56 Å². The van der Waals surface area contributed by atoms with E-state index in [0.29, 0.717) is 6.54 Å². The van der Waals surface area contributed by atoms with E-state index in [2.05, 4.69) is 0 Å². The number of fused-ring (bicyclic) bond motifs is 1. The second kappa shape index (κ2) is 3.14. The zero-order chi connectivity index (χ0) is 10.1. The summed E-state index contributed by atoms with van der Waals surface area (Å²) in [4.78, 5) is 22.8. The van der Waals surface area contributed by atoms with E-state index < -0.39 is 5.97 Å². The van der Waals surface area contributed by atoms with E-state index in [1.165, 1.54) is 4.90 Å². The average Bonchev–Trinajstić information content (AvgIpc) is 2.59. The van der Waals surface area contributed by atoms with Crippen molar-refractivity contribution in [3.8, 4) is 0 Å². The summed E-state index contributed by atoms with van der Waals surface area (Å²) < 4.78 is 0. The maximum atomic E-state index is 10.7. The first-order chi connectivity index (χ1) is 6.72. The van der Waals surface area contributed by atoms with Gasteiger partial charge in [0.25, 0.3) is 0 Å². The van der Waals surface area contributed by atoms with Crippen molar-refractivity contribution in [1.82, 2.24) is 0 Å². The van der Waals surface area contributed by atoms with Crippen LogP contribution in [0.15, 0.2) is 18.2 Å². The summed E-state index contributed by atoms with van der Waals surface area (Å²) in [5.74, 6) is -0.967. The molecule has 0 fully saturated rings. The first-order valence-electron chi connectivity index (χ1n) is 4.30. The lowest BCUT2D eigenvalue weighted by molar-refractivity contribution is -0.107. The monoisotopic (exact) mass is 191 g/mol. The van der Waals surface area contributed by atoms with Crippen LogP contribution in [0.4, 0.5) is 5.69 Å². The first kappa shape index (κ1) is 8.74. The number of carbonyl (C=O) groups excluding carboxylic acids is 1. The molecule has 1 aromatic carbocycles. The first-order valence-corrected chi connectivity index (χ1v) is 4.30. The molecule has 0 saturated carbocycles. The summed E-state index contributed by atoms with van der Waals surface area (Å²) >= 11 is 0. The fraction of sp³-hybridized carbons (Fsp3) is 0.200. The number of hydrogen-bond donors (Lipinski definition) is 1. The van der Waals surface area contributed by atoms with Gasteiger partial charge >= 0.3 is 5.97 Å². The Balaban J connectivity index is 2.47. The normalized spacial score (nSPS) is 13.9. The molecule has 14 heavy (non-hydrogen) atoms. The molecule has 0 aliphatic carbocycles. The molecule has 0 saturated heterocycles. The molecule has 0 unspecified atom stereocenters. The van der Waals surface area contributed by atoms with Gasteiger partial charge in [0, 0.05) is 12.2 Å². The Morgan fingerprint density at radius 2 is 2.29 bits per heavy atom. The largest absolute Gasteiger partial charge is 0.478 e. The number of aromatic carboxylic acids is 1. The van der Waals surface area contributed by atoms with Crippen molar-refractivity contribution in [2.45, 2.75) is 6.42 Å². The molecule has 4 heteroatoms.